The van der Waals surface area contributed by atoms with E-state index in [0.717, 1.165) is 21.3 Å². The molecule has 88 valence electrons. The van der Waals surface area contributed by atoms with Crippen molar-refractivity contribution in [3.8, 4) is 0 Å². The molecule has 5 heteroatoms. The molecule has 1 rings (SSSR count). The molecule has 0 aliphatic heterocycles. The first-order chi connectivity index (χ1) is 7.60. The summed E-state index contributed by atoms with van der Waals surface area (Å²) in [6, 6.07) is 3.61. The second kappa shape index (κ2) is 6.06. The Morgan fingerprint density at radius 1 is 1.31 bits per heavy atom. The van der Waals surface area contributed by atoms with E-state index in [4.69, 9.17) is 10.8 Å². The summed E-state index contributed by atoms with van der Waals surface area (Å²) in [5.41, 5.74) is 6.40. The minimum Gasteiger partial charge on any atom is -0.478 e. The van der Waals surface area contributed by atoms with Gasteiger partial charge in [-0.3, -0.25) is 0 Å². The van der Waals surface area contributed by atoms with Gasteiger partial charge in [0.25, 0.3) is 0 Å². The van der Waals surface area contributed by atoms with Gasteiger partial charge in [-0.25, -0.2) is 4.79 Å². The molecule has 0 saturated heterocycles. The summed E-state index contributed by atoms with van der Waals surface area (Å²) in [6.07, 6.45) is 0. The first-order valence-corrected chi connectivity index (χ1v) is 6.99. The average molecular weight is 257 g/mol. The van der Waals surface area contributed by atoms with Crippen LogP contribution in [-0.2, 0) is 0 Å². The molecule has 1 aromatic carbocycles. The lowest BCUT2D eigenvalue weighted by atomic mass is 10.2. The highest BCUT2D eigenvalue weighted by atomic mass is 32.2. The lowest BCUT2D eigenvalue weighted by Crippen LogP contribution is -2.04. The monoisotopic (exact) mass is 257 g/mol. The first-order valence-electron chi connectivity index (χ1n) is 5.02. The van der Waals surface area contributed by atoms with E-state index in [9.17, 15) is 4.79 Å². The Bertz CT molecular complexity index is 394. The molecule has 0 unspecified atom stereocenters. The van der Waals surface area contributed by atoms with Gasteiger partial charge in [-0.2, -0.15) is 0 Å². The quantitative estimate of drug-likeness (QED) is 0.626. The molecule has 0 radical (unpaired) electrons. The van der Waals surface area contributed by atoms with E-state index in [1.165, 1.54) is 0 Å². The lowest BCUT2D eigenvalue weighted by Gasteiger charge is -2.10. The number of thioether (sulfide) groups is 2. The minimum absolute atomic E-state index is 0.203. The predicted molar refractivity (Wildman–Crippen MR) is 70.6 cm³/mol. The number of carboxylic acid groups (broad SMARTS) is 1. The highest BCUT2D eigenvalue weighted by Gasteiger charge is 2.13. The second-order valence-corrected chi connectivity index (χ2v) is 5.70. The first kappa shape index (κ1) is 13.3. The smallest absolute Gasteiger partial charge is 0.337 e. The van der Waals surface area contributed by atoms with Crippen molar-refractivity contribution in [1.29, 1.82) is 0 Å². The average Bonchev–Trinajstić information content (AvgIpc) is 2.23. The zero-order valence-electron chi connectivity index (χ0n) is 9.32. The van der Waals surface area contributed by atoms with Crippen molar-refractivity contribution in [1.82, 2.24) is 0 Å². The molecule has 0 aromatic heterocycles. The van der Waals surface area contributed by atoms with E-state index in [0.29, 0.717) is 5.69 Å². The Balaban J connectivity index is 3.21. The number of nitrogens with two attached hydrogens (primary N) is 1. The normalized spacial score (nSPS) is 10.4. The summed E-state index contributed by atoms with van der Waals surface area (Å²) < 4.78 is 0. The third-order valence-corrected chi connectivity index (χ3v) is 3.75. The molecular formula is C11H15NO2S2. The highest BCUT2D eigenvalue weighted by molar-refractivity contribution is 8.00. The van der Waals surface area contributed by atoms with Gasteiger partial charge in [-0.05, 0) is 23.6 Å². The molecule has 3 N–H and O–H groups in total. The molecule has 1 aromatic rings. The van der Waals surface area contributed by atoms with Gasteiger partial charge >= 0.3 is 5.97 Å². The molecule has 0 aliphatic rings. The van der Waals surface area contributed by atoms with Crippen molar-refractivity contribution in [2.75, 3.05) is 17.2 Å². The van der Waals surface area contributed by atoms with E-state index < -0.39 is 5.97 Å². The van der Waals surface area contributed by atoms with Crippen LogP contribution in [0.3, 0.4) is 0 Å². The van der Waals surface area contributed by atoms with Gasteiger partial charge in [0.15, 0.2) is 0 Å². The Hall–Kier alpha value is -0.810. The predicted octanol–water partition coefficient (Wildman–Crippen LogP) is 3.19. The SMILES string of the molecule is CCSc1cc(SCC)c(N)c(C(=O)O)c1. The van der Waals surface area contributed by atoms with Crippen LogP contribution in [0.15, 0.2) is 21.9 Å². The van der Waals surface area contributed by atoms with Crippen LogP contribution in [0.25, 0.3) is 0 Å². The highest BCUT2D eigenvalue weighted by Crippen LogP contribution is 2.33. The molecule has 0 spiro atoms. The van der Waals surface area contributed by atoms with Crippen LogP contribution in [-0.4, -0.2) is 22.6 Å². The van der Waals surface area contributed by atoms with Crippen molar-refractivity contribution in [3.05, 3.63) is 17.7 Å². The second-order valence-electron chi connectivity index (χ2n) is 3.05. The van der Waals surface area contributed by atoms with Crippen molar-refractivity contribution >= 4 is 35.2 Å². The Labute approximate surface area is 104 Å². The topological polar surface area (TPSA) is 63.3 Å². The van der Waals surface area contributed by atoms with E-state index in [2.05, 4.69) is 0 Å². The summed E-state index contributed by atoms with van der Waals surface area (Å²) in [6.45, 7) is 4.05. The fourth-order valence-corrected chi connectivity index (χ4v) is 2.90. The molecule has 16 heavy (non-hydrogen) atoms. The van der Waals surface area contributed by atoms with E-state index in [1.807, 2.05) is 19.9 Å². The van der Waals surface area contributed by atoms with Crippen LogP contribution in [0, 0.1) is 0 Å². The summed E-state index contributed by atoms with van der Waals surface area (Å²) in [4.78, 5) is 12.9. The standard InChI is InChI=1S/C11H15NO2S2/c1-3-15-7-5-8(11(13)14)10(12)9(6-7)16-4-2/h5-6H,3-4,12H2,1-2H3,(H,13,14). The summed E-state index contributed by atoms with van der Waals surface area (Å²) in [5.74, 6) is 0.830. The summed E-state index contributed by atoms with van der Waals surface area (Å²) in [7, 11) is 0. The number of hydrogen-bond donors (Lipinski definition) is 2. The molecule has 3 nitrogen and oxygen atoms in total. The largest absolute Gasteiger partial charge is 0.478 e. The third-order valence-electron chi connectivity index (χ3n) is 1.96. The number of carbonyl (C=O) groups is 1. The maximum Gasteiger partial charge on any atom is 0.337 e. The van der Waals surface area contributed by atoms with E-state index in [-0.39, 0.29) is 5.56 Å². The molecule has 0 bridgehead atoms. The van der Waals surface area contributed by atoms with E-state index >= 15 is 0 Å². The summed E-state index contributed by atoms with van der Waals surface area (Å²) >= 11 is 3.20. The molecule has 0 saturated carbocycles. The van der Waals surface area contributed by atoms with Crippen LogP contribution in [0.1, 0.15) is 24.2 Å². The third kappa shape index (κ3) is 3.09. The fourth-order valence-electron chi connectivity index (χ4n) is 1.30. The molecule has 0 atom stereocenters. The lowest BCUT2D eigenvalue weighted by molar-refractivity contribution is 0.0697. The molecule has 0 aliphatic carbocycles. The van der Waals surface area contributed by atoms with Gasteiger partial charge in [-0.15, -0.1) is 23.5 Å². The van der Waals surface area contributed by atoms with Gasteiger partial charge in [0.2, 0.25) is 0 Å². The zero-order chi connectivity index (χ0) is 12.1. The number of nitrogen functional groups attached to an aromatic ring is 1. The number of rotatable bonds is 5. The number of hydrogen-bond acceptors (Lipinski definition) is 4. The number of anilines is 1. The van der Waals surface area contributed by atoms with Gasteiger partial charge < -0.3 is 10.8 Å². The van der Waals surface area contributed by atoms with Crippen LogP contribution in [0.2, 0.25) is 0 Å². The van der Waals surface area contributed by atoms with Crippen molar-refractivity contribution in [3.63, 3.8) is 0 Å². The van der Waals surface area contributed by atoms with Crippen LogP contribution < -0.4 is 5.73 Å². The Morgan fingerprint density at radius 2 is 1.94 bits per heavy atom. The zero-order valence-corrected chi connectivity index (χ0v) is 11.0. The van der Waals surface area contributed by atoms with Gasteiger partial charge in [0.05, 0.1) is 11.3 Å². The minimum atomic E-state index is -0.964. The van der Waals surface area contributed by atoms with Gasteiger partial charge in [0, 0.05) is 9.79 Å². The maximum atomic E-state index is 11.0. The number of aromatic carboxylic acids is 1. The maximum absolute atomic E-state index is 11.0. The molecular weight excluding hydrogens is 242 g/mol. The van der Waals surface area contributed by atoms with Crippen molar-refractivity contribution in [2.45, 2.75) is 23.6 Å². The Morgan fingerprint density at radius 3 is 2.44 bits per heavy atom. The molecule has 0 fully saturated rings. The van der Waals surface area contributed by atoms with Crippen LogP contribution in [0.5, 0.6) is 0 Å². The van der Waals surface area contributed by atoms with Crippen molar-refractivity contribution < 1.29 is 9.90 Å². The van der Waals surface area contributed by atoms with E-state index in [1.54, 1.807) is 29.6 Å². The Kier molecular flexibility index (Phi) is 5.02. The number of benzene rings is 1. The van der Waals surface area contributed by atoms with Gasteiger partial charge in [0.1, 0.15) is 0 Å². The van der Waals surface area contributed by atoms with Crippen LogP contribution >= 0.6 is 23.5 Å². The van der Waals surface area contributed by atoms with Gasteiger partial charge in [-0.1, -0.05) is 13.8 Å². The van der Waals surface area contributed by atoms with Crippen molar-refractivity contribution in [2.24, 2.45) is 0 Å². The number of carboxylic acids is 1. The molecule has 0 amide bonds. The van der Waals surface area contributed by atoms with Crippen LogP contribution in [0.4, 0.5) is 5.69 Å². The summed E-state index contributed by atoms with van der Waals surface area (Å²) in [5, 5.41) is 9.05. The fraction of sp³-hybridized carbons (Fsp3) is 0.364. The molecule has 0 heterocycles.